The van der Waals surface area contributed by atoms with E-state index in [1.54, 1.807) is 27.2 Å². The van der Waals surface area contributed by atoms with Gasteiger partial charge in [-0.15, -0.1) is 0 Å². The lowest BCUT2D eigenvalue weighted by Gasteiger charge is -2.31. The lowest BCUT2D eigenvalue weighted by Crippen LogP contribution is -2.36. The molecule has 180 valence electrons. The van der Waals surface area contributed by atoms with Crippen LogP contribution in [0, 0.1) is 17.8 Å². The fraction of sp³-hybridized carbons (Fsp3) is 0.515. The molecule has 0 bridgehead atoms. The van der Waals surface area contributed by atoms with E-state index in [0.717, 1.165) is 6.42 Å². The summed E-state index contributed by atoms with van der Waals surface area (Å²) in [6, 6.07) is 9.33. The average molecular weight is 454 g/mol. The summed E-state index contributed by atoms with van der Waals surface area (Å²) in [5, 5.41) is 3.11. The molecule has 0 spiro atoms. The molecular formula is C33H43N. The van der Waals surface area contributed by atoms with E-state index in [0.29, 0.717) is 24.3 Å². The second-order valence-electron chi connectivity index (χ2n) is 10.8. The van der Waals surface area contributed by atoms with Crippen LogP contribution >= 0.6 is 0 Å². The Balaban J connectivity index is 1.41. The van der Waals surface area contributed by atoms with E-state index >= 15 is 0 Å². The predicted octanol–water partition coefficient (Wildman–Crippen LogP) is 6.89. The molecule has 3 atom stereocenters. The average Bonchev–Trinajstić information content (AvgIpc) is 2.92. The second kappa shape index (κ2) is 11.1. The maximum Gasteiger partial charge on any atom is 0.0177 e. The molecule has 0 saturated heterocycles. The first-order chi connectivity index (χ1) is 16.8. The molecular weight excluding hydrogens is 410 g/mol. The van der Waals surface area contributed by atoms with Gasteiger partial charge in [0.15, 0.2) is 0 Å². The number of hydrogen-bond acceptors (Lipinski definition) is 1. The lowest BCUT2D eigenvalue weighted by atomic mass is 9.73. The van der Waals surface area contributed by atoms with Gasteiger partial charge < -0.3 is 5.73 Å². The summed E-state index contributed by atoms with van der Waals surface area (Å²) < 4.78 is 0. The Morgan fingerprint density at radius 3 is 2.29 bits per heavy atom. The van der Waals surface area contributed by atoms with Crippen molar-refractivity contribution in [2.24, 2.45) is 23.5 Å². The zero-order valence-electron chi connectivity index (χ0n) is 21.2. The van der Waals surface area contributed by atoms with Crippen LogP contribution in [0.3, 0.4) is 0 Å². The number of nitrogens with two attached hydrogens (primary N) is 1. The summed E-state index contributed by atoms with van der Waals surface area (Å²) in [6.07, 6.45) is 27.7. The molecule has 2 N–H and O–H groups in total. The van der Waals surface area contributed by atoms with E-state index in [-0.39, 0.29) is 0 Å². The van der Waals surface area contributed by atoms with Gasteiger partial charge in [-0.1, -0.05) is 78.3 Å². The van der Waals surface area contributed by atoms with Crippen LogP contribution in [0.4, 0.5) is 0 Å². The summed E-state index contributed by atoms with van der Waals surface area (Å²) in [6.45, 7) is 2.88. The van der Waals surface area contributed by atoms with Crippen molar-refractivity contribution in [2.75, 3.05) is 6.54 Å². The molecule has 1 aromatic rings. The number of benzene rings is 1. The fourth-order valence-electron chi connectivity index (χ4n) is 7.04. The molecule has 34 heavy (non-hydrogen) atoms. The van der Waals surface area contributed by atoms with Crippen molar-refractivity contribution in [2.45, 2.75) is 84.0 Å². The van der Waals surface area contributed by atoms with Crippen molar-refractivity contribution >= 4 is 11.1 Å². The molecule has 0 saturated carbocycles. The molecule has 0 aliphatic heterocycles. The minimum atomic E-state index is 0.632. The Morgan fingerprint density at radius 2 is 1.65 bits per heavy atom. The zero-order chi connectivity index (χ0) is 23.3. The van der Waals surface area contributed by atoms with Crippen LogP contribution in [0.25, 0.3) is 11.1 Å². The Bertz CT molecular complexity index is 1130. The summed E-state index contributed by atoms with van der Waals surface area (Å²) in [7, 11) is 0. The van der Waals surface area contributed by atoms with Gasteiger partial charge >= 0.3 is 0 Å². The topological polar surface area (TPSA) is 26.0 Å². The first-order valence-corrected chi connectivity index (χ1v) is 14.1. The Labute approximate surface area is 206 Å². The van der Waals surface area contributed by atoms with E-state index in [1.807, 2.05) is 0 Å². The minimum absolute atomic E-state index is 0.632. The summed E-state index contributed by atoms with van der Waals surface area (Å²) in [5.74, 6) is 2.03. The fourth-order valence-corrected chi connectivity index (χ4v) is 7.04. The van der Waals surface area contributed by atoms with Crippen LogP contribution < -0.4 is 16.2 Å². The zero-order valence-corrected chi connectivity index (χ0v) is 21.2. The molecule has 1 heteroatoms. The molecule has 5 rings (SSSR count). The van der Waals surface area contributed by atoms with Gasteiger partial charge in [0.1, 0.15) is 0 Å². The third-order valence-corrected chi connectivity index (χ3v) is 8.88. The molecule has 1 nitrogen and oxygen atoms in total. The van der Waals surface area contributed by atoms with E-state index in [2.05, 4.69) is 61.6 Å². The molecule has 0 fully saturated rings. The Morgan fingerprint density at radius 1 is 0.882 bits per heavy atom. The van der Waals surface area contributed by atoms with Gasteiger partial charge in [0.05, 0.1) is 0 Å². The quantitative estimate of drug-likeness (QED) is 0.467. The predicted molar refractivity (Wildman–Crippen MR) is 146 cm³/mol. The molecule has 0 aromatic heterocycles. The number of hydrogen-bond donors (Lipinski definition) is 1. The van der Waals surface area contributed by atoms with Crippen LogP contribution in [-0.4, -0.2) is 6.54 Å². The standard InChI is InChI=1S/C33H43N/c1-2-8-29(23-34)26-15-19-28(20-16-26)31-22-21-30(32-11-6-7-12-33(31)32)27-17-13-25(14-18-27)24-9-4-3-5-10-24/h6-9,11-13,15,17,25,27-28H,2-5,10,14,16,18-23,34H2,1H3/b29-8+. The van der Waals surface area contributed by atoms with E-state index in [9.17, 15) is 0 Å². The number of fused-ring (bicyclic) bond motifs is 1. The summed E-state index contributed by atoms with van der Waals surface area (Å²) in [5.41, 5.74) is 14.1. The summed E-state index contributed by atoms with van der Waals surface area (Å²) in [4.78, 5) is 0. The molecule has 4 aliphatic carbocycles. The van der Waals surface area contributed by atoms with Crippen LogP contribution in [0.2, 0.25) is 0 Å². The molecule has 0 heterocycles. The van der Waals surface area contributed by atoms with Gasteiger partial charge in [-0.3, -0.25) is 0 Å². The van der Waals surface area contributed by atoms with Crippen LogP contribution in [0.5, 0.6) is 0 Å². The van der Waals surface area contributed by atoms with Crippen molar-refractivity contribution in [3.63, 3.8) is 0 Å². The minimum Gasteiger partial charge on any atom is -0.326 e. The van der Waals surface area contributed by atoms with Crippen molar-refractivity contribution in [3.8, 4) is 0 Å². The number of rotatable bonds is 6. The van der Waals surface area contributed by atoms with E-state index in [1.165, 1.54) is 81.8 Å². The summed E-state index contributed by atoms with van der Waals surface area (Å²) >= 11 is 0. The third kappa shape index (κ3) is 4.96. The van der Waals surface area contributed by atoms with Crippen molar-refractivity contribution < 1.29 is 0 Å². The van der Waals surface area contributed by atoms with Crippen molar-refractivity contribution in [1.82, 2.24) is 0 Å². The second-order valence-corrected chi connectivity index (χ2v) is 10.8. The van der Waals surface area contributed by atoms with Crippen molar-refractivity contribution in [1.29, 1.82) is 0 Å². The van der Waals surface area contributed by atoms with Gasteiger partial charge in [-0.25, -0.2) is 0 Å². The van der Waals surface area contributed by atoms with Gasteiger partial charge in [0.2, 0.25) is 0 Å². The molecule has 0 amide bonds. The van der Waals surface area contributed by atoms with Gasteiger partial charge in [0, 0.05) is 6.54 Å². The normalized spacial score (nSPS) is 27.8. The Hall–Kier alpha value is -2.12. The largest absolute Gasteiger partial charge is 0.326 e. The van der Waals surface area contributed by atoms with Crippen LogP contribution in [-0.2, 0) is 0 Å². The van der Waals surface area contributed by atoms with E-state index < -0.39 is 0 Å². The highest BCUT2D eigenvalue weighted by Gasteiger charge is 2.26. The smallest absolute Gasteiger partial charge is 0.0177 e. The monoisotopic (exact) mass is 453 g/mol. The third-order valence-electron chi connectivity index (χ3n) is 8.88. The van der Waals surface area contributed by atoms with E-state index in [4.69, 9.17) is 5.73 Å². The highest BCUT2D eigenvalue weighted by Crippen LogP contribution is 2.39. The van der Waals surface area contributed by atoms with Crippen LogP contribution in [0.15, 0.2) is 71.4 Å². The first kappa shape index (κ1) is 23.6. The highest BCUT2D eigenvalue weighted by molar-refractivity contribution is 5.62. The van der Waals surface area contributed by atoms with Crippen LogP contribution in [0.1, 0.15) is 84.0 Å². The SMILES string of the molecule is CC/C=C(\CN)C1=CCC(C2=c3ccccc3=C(C3C=CC(C4=CCCCC4)CC3)CC2)CC1. The Kier molecular flexibility index (Phi) is 7.70. The first-order valence-electron chi connectivity index (χ1n) is 14.1. The lowest BCUT2D eigenvalue weighted by molar-refractivity contribution is 0.514. The highest BCUT2D eigenvalue weighted by atomic mass is 14.5. The molecule has 3 unspecified atom stereocenters. The molecule has 0 radical (unpaired) electrons. The maximum atomic E-state index is 6.04. The van der Waals surface area contributed by atoms with Crippen molar-refractivity contribution in [3.05, 3.63) is 81.8 Å². The maximum absolute atomic E-state index is 6.04. The van der Waals surface area contributed by atoms with Gasteiger partial charge in [-0.05, 0) is 116 Å². The van der Waals surface area contributed by atoms with Gasteiger partial charge in [-0.2, -0.15) is 0 Å². The van der Waals surface area contributed by atoms with Gasteiger partial charge in [0.25, 0.3) is 0 Å². The molecule has 4 aliphatic rings. The molecule has 1 aromatic carbocycles. The number of allylic oxidation sites excluding steroid dienone is 6.